The Bertz CT molecular complexity index is 475. The van der Waals surface area contributed by atoms with Gasteiger partial charge in [0.15, 0.2) is 0 Å². The molecule has 2 heterocycles. The van der Waals surface area contributed by atoms with Crippen LogP contribution in [-0.2, 0) is 14.4 Å². The molecule has 0 bridgehead atoms. The van der Waals surface area contributed by atoms with Crippen molar-refractivity contribution in [3.8, 4) is 0 Å². The molecular formula is C15H23N3O3. The molecule has 0 aromatic rings. The van der Waals surface area contributed by atoms with Gasteiger partial charge in [-0.05, 0) is 27.3 Å². The van der Waals surface area contributed by atoms with Gasteiger partial charge in [0.1, 0.15) is 5.78 Å². The lowest BCUT2D eigenvalue weighted by Gasteiger charge is -2.41. The zero-order chi connectivity index (χ0) is 15.6. The molecule has 3 unspecified atom stereocenters. The minimum atomic E-state index is -0.350. The highest BCUT2D eigenvalue weighted by Crippen LogP contribution is 2.27. The van der Waals surface area contributed by atoms with Crippen LogP contribution in [0.3, 0.4) is 0 Å². The first-order valence-corrected chi connectivity index (χ1v) is 7.42. The third-order valence-corrected chi connectivity index (χ3v) is 4.27. The van der Waals surface area contributed by atoms with Crippen LogP contribution in [0, 0.1) is 5.92 Å². The largest absolute Gasteiger partial charge is 0.316 e. The molecule has 0 radical (unpaired) electrons. The van der Waals surface area contributed by atoms with Crippen molar-refractivity contribution >= 4 is 17.6 Å². The Kier molecular flexibility index (Phi) is 4.77. The van der Waals surface area contributed by atoms with Crippen LogP contribution in [0.1, 0.15) is 33.1 Å². The molecule has 2 rings (SSSR count). The number of nitrogens with one attached hydrogen (secondary N) is 1. The predicted molar refractivity (Wildman–Crippen MR) is 78.0 cm³/mol. The number of hydrogen-bond donors (Lipinski definition) is 1. The normalized spacial score (nSPS) is 27.4. The van der Waals surface area contributed by atoms with E-state index in [1.54, 1.807) is 0 Å². The molecule has 21 heavy (non-hydrogen) atoms. The Balaban J connectivity index is 2.33. The number of amides is 2. The van der Waals surface area contributed by atoms with Crippen LogP contribution in [0.15, 0.2) is 12.2 Å². The van der Waals surface area contributed by atoms with Gasteiger partial charge >= 0.3 is 0 Å². The molecule has 116 valence electrons. The van der Waals surface area contributed by atoms with Crippen molar-refractivity contribution in [2.75, 3.05) is 13.6 Å². The van der Waals surface area contributed by atoms with Crippen LogP contribution in [0.4, 0.5) is 0 Å². The highest BCUT2D eigenvalue weighted by molar-refractivity contribution is 5.88. The highest BCUT2D eigenvalue weighted by Gasteiger charge is 2.41. The maximum atomic E-state index is 12.9. The number of hydrazine groups is 1. The van der Waals surface area contributed by atoms with Crippen LogP contribution in [-0.4, -0.2) is 53.3 Å². The number of rotatable bonds is 4. The van der Waals surface area contributed by atoms with Crippen molar-refractivity contribution in [2.45, 2.75) is 45.2 Å². The van der Waals surface area contributed by atoms with Gasteiger partial charge in [0.05, 0.1) is 18.5 Å². The van der Waals surface area contributed by atoms with E-state index in [0.29, 0.717) is 19.4 Å². The van der Waals surface area contributed by atoms with Crippen molar-refractivity contribution in [1.82, 2.24) is 15.3 Å². The van der Waals surface area contributed by atoms with E-state index in [1.165, 1.54) is 16.9 Å². The fourth-order valence-electron chi connectivity index (χ4n) is 2.99. The van der Waals surface area contributed by atoms with Crippen LogP contribution in [0.5, 0.6) is 0 Å². The quantitative estimate of drug-likeness (QED) is 0.766. The van der Waals surface area contributed by atoms with Gasteiger partial charge in [-0.1, -0.05) is 12.2 Å². The van der Waals surface area contributed by atoms with Crippen LogP contribution in [0.25, 0.3) is 0 Å². The van der Waals surface area contributed by atoms with Gasteiger partial charge in [0.25, 0.3) is 0 Å². The van der Waals surface area contributed by atoms with Crippen molar-refractivity contribution in [3.05, 3.63) is 12.2 Å². The van der Waals surface area contributed by atoms with Crippen molar-refractivity contribution < 1.29 is 14.4 Å². The Labute approximate surface area is 125 Å². The standard InChI is InChI=1S/C15H23N3O3/c1-10(19)9-12-5-4-8-17-14(20)7-6-13(11(2)16-3)15(21)18(12)17/h4-5,11-13,16H,6-9H2,1-3H3. The lowest BCUT2D eigenvalue weighted by atomic mass is 9.94. The molecule has 1 fully saturated rings. The minimum Gasteiger partial charge on any atom is -0.316 e. The van der Waals surface area contributed by atoms with E-state index in [0.717, 1.165) is 0 Å². The Hall–Kier alpha value is -1.69. The molecule has 2 amide bonds. The third kappa shape index (κ3) is 3.15. The van der Waals surface area contributed by atoms with Crippen molar-refractivity contribution in [3.63, 3.8) is 0 Å². The molecule has 3 atom stereocenters. The highest BCUT2D eigenvalue weighted by atomic mass is 16.2. The summed E-state index contributed by atoms with van der Waals surface area (Å²) in [6.07, 6.45) is 4.86. The Morgan fingerprint density at radius 2 is 2.19 bits per heavy atom. The molecule has 0 aliphatic carbocycles. The van der Waals surface area contributed by atoms with E-state index in [9.17, 15) is 14.4 Å². The van der Waals surface area contributed by atoms with Crippen molar-refractivity contribution in [1.29, 1.82) is 0 Å². The molecule has 6 nitrogen and oxygen atoms in total. The first-order valence-electron chi connectivity index (χ1n) is 7.42. The molecule has 0 saturated carbocycles. The van der Waals surface area contributed by atoms with Gasteiger partial charge in [-0.15, -0.1) is 0 Å². The Morgan fingerprint density at radius 1 is 1.48 bits per heavy atom. The van der Waals surface area contributed by atoms with E-state index in [2.05, 4.69) is 5.32 Å². The molecule has 2 aliphatic rings. The number of fused-ring (bicyclic) bond motifs is 1. The fraction of sp³-hybridized carbons (Fsp3) is 0.667. The summed E-state index contributed by atoms with van der Waals surface area (Å²) in [6, 6.07) is -0.355. The molecule has 0 aromatic heterocycles. The summed E-state index contributed by atoms with van der Waals surface area (Å²) in [7, 11) is 1.81. The first kappa shape index (κ1) is 15.7. The number of carbonyl (C=O) groups excluding carboxylic acids is 3. The second kappa shape index (κ2) is 6.39. The summed E-state index contributed by atoms with van der Waals surface area (Å²) in [5.41, 5.74) is 0. The molecule has 2 aliphatic heterocycles. The molecule has 0 aromatic carbocycles. The van der Waals surface area contributed by atoms with Gasteiger partial charge in [-0.3, -0.25) is 14.4 Å². The summed E-state index contributed by atoms with van der Waals surface area (Å²) < 4.78 is 0. The van der Waals surface area contributed by atoms with E-state index in [-0.39, 0.29) is 42.0 Å². The Morgan fingerprint density at radius 3 is 2.81 bits per heavy atom. The molecule has 6 heteroatoms. The number of ketones is 1. The third-order valence-electron chi connectivity index (χ3n) is 4.27. The summed E-state index contributed by atoms with van der Waals surface area (Å²) in [5.74, 6) is -0.357. The second-order valence-electron chi connectivity index (χ2n) is 5.78. The number of hydrogen-bond acceptors (Lipinski definition) is 4. The van der Waals surface area contributed by atoms with Gasteiger partial charge in [-0.25, -0.2) is 10.0 Å². The van der Waals surface area contributed by atoms with E-state index in [4.69, 9.17) is 0 Å². The maximum Gasteiger partial charge on any atom is 0.246 e. The van der Waals surface area contributed by atoms with E-state index >= 15 is 0 Å². The molecule has 1 saturated heterocycles. The first-order chi connectivity index (χ1) is 9.95. The van der Waals surface area contributed by atoms with E-state index in [1.807, 2.05) is 26.1 Å². The summed E-state index contributed by atoms with van der Waals surface area (Å²) >= 11 is 0. The second-order valence-corrected chi connectivity index (χ2v) is 5.78. The zero-order valence-corrected chi connectivity index (χ0v) is 12.8. The fourth-order valence-corrected chi connectivity index (χ4v) is 2.99. The van der Waals surface area contributed by atoms with Crippen molar-refractivity contribution in [2.24, 2.45) is 5.92 Å². The smallest absolute Gasteiger partial charge is 0.246 e. The summed E-state index contributed by atoms with van der Waals surface area (Å²) in [5, 5.41) is 6.10. The monoisotopic (exact) mass is 293 g/mol. The van der Waals surface area contributed by atoms with Gasteiger partial charge < -0.3 is 5.32 Å². The summed E-state index contributed by atoms with van der Waals surface area (Å²) in [4.78, 5) is 36.6. The summed E-state index contributed by atoms with van der Waals surface area (Å²) in [6.45, 7) is 3.85. The minimum absolute atomic E-state index is 0.00543. The predicted octanol–water partition coefficient (Wildman–Crippen LogP) is 0.494. The lowest BCUT2D eigenvalue weighted by Crippen LogP contribution is -2.57. The van der Waals surface area contributed by atoms with Gasteiger partial charge in [-0.2, -0.15) is 0 Å². The van der Waals surface area contributed by atoms with Crippen LogP contribution >= 0.6 is 0 Å². The molecule has 1 N–H and O–H groups in total. The average Bonchev–Trinajstić information content (AvgIpc) is 2.57. The number of Topliss-reactive ketones (excluding diaryl/α,β-unsaturated/α-hetero) is 1. The SMILES string of the molecule is CNC(C)C1CCC(=O)N2CC=CC(CC(C)=O)N2C1=O. The van der Waals surface area contributed by atoms with Crippen LogP contribution < -0.4 is 5.32 Å². The molecule has 0 spiro atoms. The number of carbonyl (C=O) groups is 3. The lowest BCUT2D eigenvalue weighted by molar-refractivity contribution is -0.167. The topological polar surface area (TPSA) is 69.7 Å². The average molecular weight is 293 g/mol. The number of nitrogens with zero attached hydrogens (tertiary/aromatic N) is 2. The molecular weight excluding hydrogens is 270 g/mol. The van der Waals surface area contributed by atoms with Crippen LogP contribution in [0.2, 0.25) is 0 Å². The van der Waals surface area contributed by atoms with E-state index < -0.39 is 0 Å². The zero-order valence-electron chi connectivity index (χ0n) is 12.8. The van der Waals surface area contributed by atoms with Gasteiger partial charge in [0, 0.05) is 18.9 Å². The van der Waals surface area contributed by atoms with Gasteiger partial charge in [0.2, 0.25) is 11.8 Å². The maximum absolute atomic E-state index is 12.9.